The van der Waals surface area contributed by atoms with Gasteiger partial charge in [-0.3, -0.25) is 0 Å². The Morgan fingerprint density at radius 1 is 1.36 bits per heavy atom. The average molecular weight is 188 g/mol. The third-order valence-electron chi connectivity index (χ3n) is 1.04. The zero-order valence-corrected chi connectivity index (χ0v) is 7.65. The molecule has 0 aliphatic heterocycles. The van der Waals surface area contributed by atoms with Crippen LogP contribution in [0.2, 0.25) is 0 Å². The molecule has 1 rings (SSSR count). The first-order chi connectivity index (χ1) is 5.33. The van der Waals surface area contributed by atoms with Gasteiger partial charge in [0.2, 0.25) is 0 Å². The molecule has 0 saturated carbocycles. The van der Waals surface area contributed by atoms with E-state index in [4.69, 9.17) is 4.18 Å². The van der Waals surface area contributed by atoms with Crippen molar-refractivity contribution in [3.63, 3.8) is 0 Å². The van der Waals surface area contributed by atoms with Crippen molar-refractivity contribution in [1.29, 1.82) is 0 Å². The van der Waals surface area contributed by atoms with Crippen LogP contribution in [-0.2, 0) is 10.1 Å². The average Bonchev–Trinajstić information content (AvgIpc) is 2.06. The van der Waals surface area contributed by atoms with Gasteiger partial charge in [-0.1, -0.05) is 18.2 Å². The summed E-state index contributed by atoms with van der Waals surface area (Å²) in [6.07, 6.45) is 1.74. The number of hydrogen-bond acceptors (Lipinski definition) is 3. The van der Waals surface area contributed by atoms with Crippen LogP contribution < -0.4 is 4.18 Å². The zero-order chi connectivity index (χ0) is 8.10. The van der Waals surface area contributed by atoms with E-state index < -0.39 is 10.1 Å². The van der Waals surface area contributed by atoms with Gasteiger partial charge in [0.05, 0.1) is 0 Å². The highest BCUT2D eigenvalue weighted by Gasteiger charge is 1.97. The maximum Gasteiger partial charge on any atom is 0.270 e. The van der Waals surface area contributed by atoms with Gasteiger partial charge in [0.25, 0.3) is 10.1 Å². The van der Waals surface area contributed by atoms with Gasteiger partial charge in [0.1, 0.15) is 5.75 Å². The van der Waals surface area contributed by atoms with E-state index in [0.717, 1.165) is 0 Å². The van der Waals surface area contributed by atoms with E-state index >= 15 is 0 Å². The summed E-state index contributed by atoms with van der Waals surface area (Å²) in [5.74, 6) is 0.639. The molecule has 1 unspecified atom stereocenters. The highest BCUT2D eigenvalue weighted by Crippen LogP contribution is 2.13. The lowest BCUT2D eigenvalue weighted by molar-refractivity contribution is 0.577. The second kappa shape index (κ2) is 4.41. The van der Waals surface area contributed by atoms with Crippen molar-refractivity contribution < 1.29 is 8.39 Å². The summed E-state index contributed by atoms with van der Waals surface area (Å²) in [5, 5.41) is 0. The summed E-state index contributed by atoms with van der Waals surface area (Å²) in [7, 11) is -0.0917. The Bertz CT molecular complexity index is 235. The summed E-state index contributed by atoms with van der Waals surface area (Å²) >= 11 is 0. The molecule has 4 heteroatoms. The second-order valence-electron chi connectivity index (χ2n) is 1.77. The van der Waals surface area contributed by atoms with E-state index in [1.807, 2.05) is 18.2 Å². The van der Waals surface area contributed by atoms with Crippen molar-refractivity contribution in [3.05, 3.63) is 30.3 Å². The Labute approximate surface area is 72.0 Å². The van der Waals surface area contributed by atoms with Crippen LogP contribution in [0.1, 0.15) is 0 Å². The molecule has 2 nitrogen and oxygen atoms in total. The van der Waals surface area contributed by atoms with Gasteiger partial charge in [0.15, 0.2) is 0 Å². The molecule has 0 saturated heterocycles. The molecule has 0 amide bonds. The molecule has 1 aromatic carbocycles. The minimum atomic E-state index is -1.26. The molecule has 0 aliphatic carbocycles. The van der Waals surface area contributed by atoms with Crippen molar-refractivity contribution in [2.45, 2.75) is 0 Å². The number of hydrogen-bond donors (Lipinski definition) is 0. The minimum absolute atomic E-state index is 0.639. The third-order valence-corrected chi connectivity index (χ3v) is 2.66. The quantitative estimate of drug-likeness (QED) is 0.679. The number of benzene rings is 1. The van der Waals surface area contributed by atoms with E-state index in [-0.39, 0.29) is 0 Å². The molecule has 0 N–H and O–H groups in total. The summed E-state index contributed by atoms with van der Waals surface area (Å²) in [6.45, 7) is 0. The van der Waals surface area contributed by atoms with Gasteiger partial charge in [0, 0.05) is 0 Å². The third kappa shape index (κ3) is 2.95. The predicted octanol–water partition coefficient (Wildman–Crippen LogP) is 2.01. The SMILES string of the molecule is CSS(=O)Oc1ccccc1. The largest absolute Gasteiger partial charge is 0.393 e. The first kappa shape index (κ1) is 8.62. The van der Waals surface area contributed by atoms with Crippen molar-refractivity contribution in [3.8, 4) is 5.75 Å². The lowest BCUT2D eigenvalue weighted by Gasteiger charge is -1.99. The Balaban J connectivity index is 2.58. The van der Waals surface area contributed by atoms with Crippen molar-refractivity contribution in [1.82, 2.24) is 0 Å². The number of para-hydroxylation sites is 1. The van der Waals surface area contributed by atoms with Gasteiger partial charge in [-0.15, -0.1) is 0 Å². The molecule has 0 radical (unpaired) electrons. The summed E-state index contributed by atoms with van der Waals surface area (Å²) in [4.78, 5) is 0. The van der Waals surface area contributed by atoms with Crippen LogP contribution >= 0.6 is 10.8 Å². The molecule has 0 fully saturated rings. The van der Waals surface area contributed by atoms with Crippen molar-refractivity contribution in [2.24, 2.45) is 0 Å². The summed E-state index contributed by atoms with van der Waals surface area (Å²) in [6, 6.07) is 9.11. The fourth-order valence-corrected chi connectivity index (χ4v) is 1.36. The molecule has 60 valence electrons. The zero-order valence-electron chi connectivity index (χ0n) is 6.02. The molecule has 1 atom stereocenters. The maximum atomic E-state index is 10.8. The van der Waals surface area contributed by atoms with Crippen LogP contribution in [0.25, 0.3) is 0 Å². The van der Waals surface area contributed by atoms with Gasteiger partial charge < -0.3 is 4.18 Å². The van der Waals surface area contributed by atoms with Gasteiger partial charge >= 0.3 is 0 Å². The highest BCUT2D eigenvalue weighted by atomic mass is 33.1. The molecule has 0 aliphatic rings. The van der Waals surface area contributed by atoms with Gasteiger partial charge in [-0.25, -0.2) is 4.21 Å². The second-order valence-corrected chi connectivity index (χ2v) is 4.49. The van der Waals surface area contributed by atoms with E-state index in [1.54, 1.807) is 18.4 Å². The smallest absolute Gasteiger partial charge is 0.270 e. The fraction of sp³-hybridized carbons (Fsp3) is 0.143. The lowest BCUT2D eigenvalue weighted by atomic mass is 10.3. The maximum absolute atomic E-state index is 10.8. The van der Waals surface area contributed by atoms with Crippen LogP contribution in [0.3, 0.4) is 0 Å². The lowest BCUT2D eigenvalue weighted by Crippen LogP contribution is -1.93. The normalized spacial score (nSPS) is 12.5. The molecular weight excluding hydrogens is 180 g/mol. The van der Waals surface area contributed by atoms with Crippen molar-refractivity contribution >= 4 is 20.9 Å². The molecule has 0 spiro atoms. The Hall–Kier alpha value is -0.480. The van der Waals surface area contributed by atoms with Crippen molar-refractivity contribution in [2.75, 3.05) is 6.26 Å². The van der Waals surface area contributed by atoms with E-state index in [9.17, 15) is 4.21 Å². The predicted molar refractivity (Wildman–Crippen MR) is 48.7 cm³/mol. The molecule has 1 aromatic rings. The topological polar surface area (TPSA) is 26.3 Å². The first-order valence-corrected chi connectivity index (χ1v) is 5.84. The first-order valence-electron chi connectivity index (χ1n) is 3.02. The van der Waals surface area contributed by atoms with Crippen LogP contribution in [0, 0.1) is 0 Å². The molecule has 0 bridgehead atoms. The van der Waals surface area contributed by atoms with Crippen LogP contribution in [0.4, 0.5) is 0 Å². The fourth-order valence-electron chi connectivity index (χ4n) is 0.589. The van der Waals surface area contributed by atoms with Gasteiger partial charge in [-0.05, 0) is 29.2 Å². The van der Waals surface area contributed by atoms with E-state index in [1.165, 1.54) is 10.8 Å². The van der Waals surface area contributed by atoms with Gasteiger partial charge in [-0.2, -0.15) is 0 Å². The molecular formula is C7H8O2S2. The highest BCUT2D eigenvalue weighted by molar-refractivity contribution is 8.67. The monoisotopic (exact) mass is 188 g/mol. The van der Waals surface area contributed by atoms with E-state index in [0.29, 0.717) is 5.75 Å². The Morgan fingerprint density at radius 3 is 2.55 bits per heavy atom. The molecule has 11 heavy (non-hydrogen) atoms. The minimum Gasteiger partial charge on any atom is -0.393 e. The Kier molecular flexibility index (Phi) is 3.45. The standard InChI is InChI=1S/C7H8O2S2/c1-10-11(8)9-7-5-3-2-4-6-7/h2-6H,1H3. The van der Waals surface area contributed by atoms with Crippen LogP contribution in [0.15, 0.2) is 30.3 Å². The number of rotatable bonds is 3. The molecule has 0 aromatic heterocycles. The van der Waals surface area contributed by atoms with Crippen LogP contribution in [-0.4, -0.2) is 10.5 Å². The van der Waals surface area contributed by atoms with Crippen LogP contribution in [0.5, 0.6) is 5.75 Å². The summed E-state index contributed by atoms with van der Waals surface area (Å²) in [5.41, 5.74) is 0. The Morgan fingerprint density at radius 2 is 2.00 bits per heavy atom. The summed E-state index contributed by atoms with van der Waals surface area (Å²) < 4.78 is 15.8. The van der Waals surface area contributed by atoms with E-state index in [2.05, 4.69) is 0 Å². The molecule has 0 heterocycles.